The van der Waals surface area contributed by atoms with E-state index in [1.54, 1.807) is 9.80 Å². The topological polar surface area (TPSA) is 96.2 Å². The molecular formula is C29H35FN6O3. The number of likely N-dealkylation sites (N-methyl/N-ethyl adjacent to an activating group) is 1. The molecule has 1 aromatic carbocycles. The van der Waals surface area contributed by atoms with Gasteiger partial charge in [-0.15, -0.1) is 0 Å². The Morgan fingerprint density at radius 1 is 1.28 bits per heavy atom. The maximum Gasteiger partial charge on any atom is 0.246 e. The molecule has 1 N–H and O–H groups in total. The second kappa shape index (κ2) is 11.1. The zero-order chi connectivity index (χ0) is 27.7. The number of nitriles is 1. The first kappa shape index (κ1) is 26.8. The molecule has 1 amide bonds. The van der Waals surface area contributed by atoms with E-state index in [9.17, 15) is 19.6 Å². The number of benzene rings is 1. The summed E-state index contributed by atoms with van der Waals surface area (Å²) in [5, 5.41) is 20.8. The standard InChI is InChI=1S/C29H35FN6O3/c1-4-26(38)36-14-13-35(16-19(36)2)27-21-10-12-34(28-23(30)8-5-9-25(28)37)17-24(21)32-29(22(27)15-31)39-18-20-7-6-11-33(20)3/h4-5,8-9,19-20,37H,1,6-7,10-14,16-18H2,2-3H3/t19-,20+/m1/s1. The van der Waals surface area contributed by atoms with Crippen LogP contribution in [0, 0.1) is 17.1 Å². The van der Waals surface area contributed by atoms with Gasteiger partial charge in [0.15, 0.2) is 0 Å². The normalized spacial score (nSPS) is 21.4. The number of carbonyl (C=O) groups is 1. The molecule has 2 fully saturated rings. The third-order valence-corrected chi connectivity index (χ3v) is 8.17. The molecule has 0 aliphatic carbocycles. The van der Waals surface area contributed by atoms with Crippen molar-refractivity contribution in [1.82, 2.24) is 14.8 Å². The maximum absolute atomic E-state index is 14.7. The lowest BCUT2D eigenvalue weighted by molar-refractivity contribution is -0.128. The number of ether oxygens (including phenoxy) is 1. The Balaban J connectivity index is 1.53. The van der Waals surface area contributed by atoms with E-state index in [2.05, 4.69) is 29.5 Å². The van der Waals surface area contributed by atoms with Gasteiger partial charge in [-0.2, -0.15) is 5.26 Å². The molecule has 39 heavy (non-hydrogen) atoms. The van der Waals surface area contributed by atoms with E-state index < -0.39 is 5.82 Å². The number of fused-ring (bicyclic) bond motifs is 1. The number of para-hydroxylation sites is 1. The molecule has 3 aliphatic rings. The molecule has 0 bridgehead atoms. The predicted octanol–water partition coefficient (Wildman–Crippen LogP) is 3.06. The molecule has 9 nitrogen and oxygen atoms in total. The van der Waals surface area contributed by atoms with Gasteiger partial charge >= 0.3 is 0 Å². The van der Waals surface area contributed by atoms with Crippen LogP contribution in [0.1, 0.15) is 36.6 Å². The number of phenolic OH excluding ortho intramolecular Hbond substituents is 1. The van der Waals surface area contributed by atoms with Crippen LogP contribution in [-0.2, 0) is 17.8 Å². The summed E-state index contributed by atoms with van der Waals surface area (Å²) >= 11 is 0. The van der Waals surface area contributed by atoms with Crippen LogP contribution in [0.2, 0.25) is 0 Å². The summed E-state index contributed by atoms with van der Waals surface area (Å²) < 4.78 is 21.0. The molecule has 2 atom stereocenters. The molecule has 0 unspecified atom stereocenters. The number of aromatic hydroxyl groups is 1. The minimum atomic E-state index is -0.495. The van der Waals surface area contributed by atoms with Gasteiger partial charge in [0.1, 0.15) is 35.5 Å². The molecule has 2 aromatic rings. The van der Waals surface area contributed by atoms with E-state index in [4.69, 9.17) is 9.72 Å². The minimum Gasteiger partial charge on any atom is -0.506 e. The third-order valence-electron chi connectivity index (χ3n) is 8.17. The summed E-state index contributed by atoms with van der Waals surface area (Å²) in [5.74, 6) is -0.442. The number of halogens is 1. The quantitative estimate of drug-likeness (QED) is 0.565. The molecule has 0 saturated carbocycles. The molecule has 0 spiro atoms. The van der Waals surface area contributed by atoms with E-state index in [1.807, 2.05) is 6.92 Å². The van der Waals surface area contributed by atoms with Crippen molar-refractivity contribution in [2.24, 2.45) is 0 Å². The highest BCUT2D eigenvalue weighted by Crippen LogP contribution is 2.40. The lowest BCUT2D eigenvalue weighted by Crippen LogP contribution is -2.54. The molecule has 2 saturated heterocycles. The van der Waals surface area contributed by atoms with Crippen LogP contribution in [0.5, 0.6) is 11.6 Å². The van der Waals surface area contributed by atoms with E-state index in [1.165, 1.54) is 24.3 Å². The largest absolute Gasteiger partial charge is 0.506 e. The summed E-state index contributed by atoms with van der Waals surface area (Å²) in [7, 11) is 2.07. The van der Waals surface area contributed by atoms with Crippen LogP contribution in [0.4, 0.5) is 15.8 Å². The van der Waals surface area contributed by atoms with Crippen LogP contribution in [-0.4, -0.2) is 84.3 Å². The SMILES string of the molecule is C=CC(=O)N1CCN(c2c(C#N)c(OC[C@@H]3CCCN3C)nc3c2CCN(c2c(O)cccc2F)C3)C[C@H]1C. The van der Waals surface area contributed by atoms with E-state index in [-0.39, 0.29) is 41.9 Å². The fourth-order valence-electron chi connectivity index (χ4n) is 6.07. The number of amides is 1. The number of piperazine rings is 1. The van der Waals surface area contributed by atoms with Gasteiger partial charge in [0.25, 0.3) is 0 Å². The number of phenols is 1. The van der Waals surface area contributed by atoms with E-state index in [0.717, 1.165) is 30.6 Å². The zero-order valence-corrected chi connectivity index (χ0v) is 22.6. The number of aromatic nitrogens is 1. The number of pyridine rings is 1. The van der Waals surface area contributed by atoms with Crippen molar-refractivity contribution in [3.05, 3.63) is 53.5 Å². The number of anilines is 2. The average molecular weight is 535 g/mol. The first-order valence-electron chi connectivity index (χ1n) is 13.5. The molecular weight excluding hydrogens is 499 g/mol. The van der Waals surface area contributed by atoms with Crippen LogP contribution in [0.15, 0.2) is 30.9 Å². The van der Waals surface area contributed by atoms with E-state index in [0.29, 0.717) is 50.5 Å². The van der Waals surface area contributed by atoms with Crippen molar-refractivity contribution in [2.45, 2.75) is 44.8 Å². The van der Waals surface area contributed by atoms with Gasteiger partial charge < -0.3 is 29.4 Å². The number of nitrogens with zero attached hydrogens (tertiary/aromatic N) is 6. The van der Waals surface area contributed by atoms with Crippen LogP contribution in [0.3, 0.4) is 0 Å². The fraction of sp³-hybridized carbons (Fsp3) is 0.483. The van der Waals surface area contributed by atoms with Gasteiger partial charge in [-0.3, -0.25) is 4.79 Å². The van der Waals surface area contributed by atoms with Gasteiger partial charge in [0, 0.05) is 43.8 Å². The Kier molecular flexibility index (Phi) is 7.62. The molecule has 3 aliphatic heterocycles. The number of rotatable bonds is 6. The van der Waals surface area contributed by atoms with Gasteiger partial charge in [0.2, 0.25) is 11.8 Å². The molecule has 5 rings (SSSR count). The second-order valence-electron chi connectivity index (χ2n) is 10.6. The highest BCUT2D eigenvalue weighted by molar-refractivity contribution is 5.87. The monoisotopic (exact) mass is 534 g/mol. The van der Waals surface area contributed by atoms with Gasteiger partial charge in [0.05, 0.1) is 17.9 Å². The molecule has 1 aromatic heterocycles. The molecule has 10 heteroatoms. The fourth-order valence-corrected chi connectivity index (χ4v) is 6.07. The van der Waals surface area contributed by atoms with Gasteiger partial charge in [-0.25, -0.2) is 9.37 Å². The van der Waals surface area contributed by atoms with E-state index >= 15 is 0 Å². The van der Waals surface area contributed by atoms with Gasteiger partial charge in [-0.1, -0.05) is 12.6 Å². The first-order chi connectivity index (χ1) is 18.8. The van der Waals surface area contributed by atoms with Crippen molar-refractivity contribution in [1.29, 1.82) is 5.26 Å². The van der Waals surface area contributed by atoms with Crippen LogP contribution >= 0.6 is 0 Å². The predicted molar refractivity (Wildman–Crippen MR) is 147 cm³/mol. The smallest absolute Gasteiger partial charge is 0.246 e. The van der Waals surface area contributed by atoms with Crippen LogP contribution in [0.25, 0.3) is 0 Å². The van der Waals surface area contributed by atoms with Crippen molar-refractivity contribution in [2.75, 3.05) is 56.2 Å². The summed E-state index contributed by atoms with van der Waals surface area (Å²) in [6.45, 7) is 9.38. The lowest BCUT2D eigenvalue weighted by atomic mass is 9.97. The lowest BCUT2D eigenvalue weighted by Gasteiger charge is -2.42. The highest BCUT2D eigenvalue weighted by Gasteiger charge is 2.34. The maximum atomic E-state index is 14.7. The zero-order valence-electron chi connectivity index (χ0n) is 22.6. The van der Waals surface area contributed by atoms with Crippen molar-refractivity contribution >= 4 is 17.3 Å². The molecule has 0 radical (unpaired) electrons. The highest BCUT2D eigenvalue weighted by atomic mass is 19.1. The Morgan fingerprint density at radius 3 is 2.77 bits per heavy atom. The van der Waals surface area contributed by atoms with Gasteiger partial charge in [-0.05, 0) is 58.0 Å². The number of likely N-dealkylation sites (tertiary alicyclic amines) is 1. The Morgan fingerprint density at radius 2 is 2.10 bits per heavy atom. The minimum absolute atomic E-state index is 0.0773. The molecule has 4 heterocycles. The number of hydrogen-bond acceptors (Lipinski definition) is 8. The Hall–Kier alpha value is -3.84. The van der Waals surface area contributed by atoms with Crippen molar-refractivity contribution in [3.8, 4) is 17.7 Å². The Labute approximate surface area is 228 Å². The average Bonchev–Trinajstić information content (AvgIpc) is 3.34. The molecule has 206 valence electrons. The third kappa shape index (κ3) is 5.11. The number of carbonyl (C=O) groups excluding carboxylic acids is 1. The summed E-state index contributed by atoms with van der Waals surface area (Å²) in [5.41, 5.74) is 2.96. The van der Waals surface area contributed by atoms with Crippen LogP contribution < -0.4 is 14.5 Å². The second-order valence-corrected chi connectivity index (χ2v) is 10.6. The first-order valence-corrected chi connectivity index (χ1v) is 13.5. The number of hydrogen-bond donors (Lipinski definition) is 1. The van der Waals surface area contributed by atoms with Crippen molar-refractivity contribution in [3.63, 3.8) is 0 Å². The summed E-state index contributed by atoms with van der Waals surface area (Å²) in [6.07, 6.45) is 3.98. The summed E-state index contributed by atoms with van der Waals surface area (Å²) in [4.78, 5) is 25.1. The Bertz CT molecular complexity index is 1290. The summed E-state index contributed by atoms with van der Waals surface area (Å²) in [6, 6.07) is 6.82. The van der Waals surface area contributed by atoms with Crippen molar-refractivity contribution < 1.29 is 19.0 Å².